The second-order valence-electron chi connectivity index (χ2n) is 5.63. The van der Waals surface area contributed by atoms with Crippen LogP contribution in [-0.2, 0) is 4.74 Å². The summed E-state index contributed by atoms with van der Waals surface area (Å²) in [4.78, 5) is 20.4. The fourth-order valence-corrected chi connectivity index (χ4v) is 3.15. The minimum atomic E-state index is -0.401. The zero-order valence-electron chi connectivity index (χ0n) is 12.2. The van der Waals surface area contributed by atoms with E-state index in [1.54, 1.807) is 18.3 Å². The van der Waals surface area contributed by atoms with Crippen LogP contribution in [0.1, 0.15) is 23.2 Å². The number of pyridine rings is 1. The number of hydrogen-bond acceptors (Lipinski definition) is 5. The normalized spacial score (nSPS) is 21.4. The molecule has 1 aromatic rings. The van der Waals surface area contributed by atoms with Gasteiger partial charge >= 0.3 is 0 Å². The minimum absolute atomic E-state index is 0.401. The number of aromatic nitrogens is 1. The molecule has 2 saturated heterocycles. The molecule has 1 amide bonds. The number of nitrogens with zero attached hydrogens (tertiary/aromatic N) is 3. The molecule has 21 heavy (non-hydrogen) atoms. The summed E-state index contributed by atoms with van der Waals surface area (Å²) in [5.74, 6) is 0.452. The average molecular weight is 290 g/mol. The molecule has 2 N–H and O–H groups in total. The van der Waals surface area contributed by atoms with Crippen LogP contribution in [0.25, 0.3) is 0 Å². The highest BCUT2D eigenvalue weighted by atomic mass is 16.5. The molecule has 0 spiro atoms. The number of hydrogen-bond donors (Lipinski definition) is 1. The quantitative estimate of drug-likeness (QED) is 0.877. The maximum atomic E-state index is 11.3. The maximum Gasteiger partial charge on any atom is 0.248 e. The van der Waals surface area contributed by atoms with Crippen LogP contribution in [-0.4, -0.2) is 61.2 Å². The van der Waals surface area contributed by atoms with Gasteiger partial charge in [-0.3, -0.25) is 9.69 Å². The Morgan fingerprint density at radius 2 is 1.95 bits per heavy atom. The van der Waals surface area contributed by atoms with Crippen molar-refractivity contribution in [2.45, 2.75) is 18.9 Å². The summed E-state index contributed by atoms with van der Waals surface area (Å²) >= 11 is 0. The summed E-state index contributed by atoms with van der Waals surface area (Å²) in [7, 11) is 0. The Balaban J connectivity index is 1.60. The maximum absolute atomic E-state index is 11.3. The van der Waals surface area contributed by atoms with Crippen molar-refractivity contribution in [3.05, 3.63) is 23.9 Å². The molecule has 6 heteroatoms. The van der Waals surface area contributed by atoms with Gasteiger partial charge in [0.05, 0.1) is 13.2 Å². The molecule has 0 unspecified atom stereocenters. The molecule has 1 aromatic heterocycles. The highest BCUT2D eigenvalue weighted by molar-refractivity contribution is 5.93. The van der Waals surface area contributed by atoms with Gasteiger partial charge in [0.2, 0.25) is 5.91 Å². The number of anilines is 1. The first kappa shape index (κ1) is 14.3. The number of primary amides is 1. The van der Waals surface area contributed by atoms with Gasteiger partial charge in [0, 0.05) is 44.0 Å². The molecule has 0 bridgehead atoms. The highest BCUT2D eigenvalue weighted by Gasteiger charge is 2.26. The van der Waals surface area contributed by atoms with Gasteiger partial charge in [-0.25, -0.2) is 4.98 Å². The third-order valence-corrected chi connectivity index (χ3v) is 4.38. The van der Waals surface area contributed by atoms with Gasteiger partial charge in [0.1, 0.15) is 5.82 Å². The van der Waals surface area contributed by atoms with Crippen molar-refractivity contribution >= 4 is 11.7 Å². The van der Waals surface area contributed by atoms with E-state index >= 15 is 0 Å². The van der Waals surface area contributed by atoms with Crippen LogP contribution in [0.2, 0.25) is 0 Å². The van der Waals surface area contributed by atoms with Crippen LogP contribution in [0.4, 0.5) is 5.82 Å². The molecular formula is C15H22N4O2. The Morgan fingerprint density at radius 3 is 2.62 bits per heavy atom. The fourth-order valence-electron chi connectivity index (χ4n) is 3.15. The molecule has 6 nitrogen and oxygen atoms in total. The Hall–Kier alpha value is -1.66. The smallest absolute Gasteiger partial charge is 0.248 e. The van der Waals surface area contributed by atoms with Gasteiger partial charge < -0.3 is 15.4 Å². The number of carbonyl (C=O) groups is 1. The standard InChI is InChI=1S/C15H22N4O2/c16-15(20)12-1-4-17-14(11-12)19-5-2-13(3-6-19)18-7-9-21-10-8-18/h1,4,11,13H,2-3,5-10H2,(H2,16,20). The molecule has 114 valence electrons. The number of piperidine rings is 1. The van der Waals surface area contributed by atoms with Gasteiger partial charge in [-0.2, -0.15) is 0 Å². The number of amides is 1. The van der Waals surface area contributed by atoms with Crippen molar-refractivity contribution in [3.63, 3.8) is 0 Å². The molecule has 0 radical (unpaired) electrons. The minimum Gasteiger partial charge on any atom is -0.379 e. The second kappa shape index (κ2) is 6.41. The summed E-state index contributed by atoms with van der Waals surface area (Å²) in [5.41, 5.74) is 5.85. The lowest BCUT2D eigenvalue weighted by atomic mass is 10.0. The first-order chi connectivity index (χ1) is 10.2. The lowest BCUT2D eigenvalue weighted by Crippen LogP contribution is -2.49. The number of morpholine rings is 1. The monoisotopic (exact) mass is 290 g/mol. The molecule has 0 atom stereocenters. The van der Waals surface area contributed by atoms with E-state index < -0.39 is 5.91 Å². The number of ether oxygens (including phenoxy) is 1. The molecule has 0 saturated carbocycles. The van der Waals surface area contributed by atoms with Gasteiger partial charge in [-0.15, -0.1) is 0 Å². The fraction of sp³-hybridized carbons (Fsp3) is 0.600. The summed E-state index contributed by atoms with van der Waals surface area (Å²) in [6, 6.07) is 4.09. The summed E-state index contributed by atoms with van der Waals surface area (Å²) in [6.07, 6.45) is 3.91. The van der Waals surface area contributed by atoms with Crippen LogP contribution in [0.3, 0.4) is 0 Å². The van der Waals surface area contributed by atoms with Crippen LogP contribution < -0.4 is 10.6 Å². The van der Waals surface area contributed by atoms with Crippen LogP contribution in [0.5, 0.6) is 0 Å². The van der Waals surface area contributed by atoms with E-state index in [0.29, 0.717) is 11.6 Å². The number of nitrogens with two attached hydrogens (primary N) is 1. The van der Waals surface area contributed by atoms with Crippen molar-refractivity contribution in [2.75, 3.05) is 44.3 Å². The zero-order chi connectivity index (χ0) is 14.7. The summed E-state index contributed by atoms with van der Waals surface area (Å²) in [5, 5.41) is 0. The van der Waals surface area contributed by atoms with E-state index in [1.165, 1.54) is 0 Å². The van der Waals surface area contributed by atoms with Crippen molar-refractivity contribution in [1.82, 2.24) is 9.88 Å². The van der Waals surface area contributed by atoms with Crippen molar-refractivity contribution in [2.24, 2.45) is 5.73 Å². The molecule has 2 aliphatic heterocycles. The largest absolute Gasteiger partial charge is 0.379 e. The Labute approximate surface area is 124 Å². The van der Waals surface area contributed by atoms with E-state index in [-0.39, 0.29) is 0 Å². The summed E-state index contributed by atoms with van der Waals surface area (Å²) in [6.45, 7) is 5.72. The van der Waals surface area contributed by atoms with Gasteiger partial charge in [0.25, 0.3) is 0 Å². The highest BCUT2D eigenvalue weighted by Crippen LogP contribution is 2.22. The number of carbonyl (C=O) groups excluding carboxylic acids is 1. The first-order valence-electron chi connectivity index (χ1n) is 7.56. The van der Waals surface area contributed by atoms with Crippen LogP contribution in [0, 0.1) is 0 Å². The molecular weight excluding hydrogens is 268 g/mol. The van der Waals surface area contributed by atoms with Crippen molar-refractivity contribution in [3.8, 4) is 0 Å². The van der Waals surface area contributed by atoms with Crippen LogP contribution >= 0.6 is 0 Å². The predicted molar refractivity (Wildman–Crippen MR) is 80.4 cm³/mol. The third kappa shape index (κ3) is 3.33. The Morgan fingerprint density at radius 1 is 1.24 bits per heavy atom. The van der Waals surface area contributed by atoms with E-state index in [2.05, 4.69) is 14.8 Å². The topological polar surface area (TPSA) is 71.7 Å². The predicted octanol–water partition coefficient (Wildman–Crippen LogP) is 0.481. The van der Waals surface area contributed by atoms with Crippen molar-refractivity contribution in [1.29, 1.82) is 0 Å². The lowest BCUT2D eigenvalue weighted by molar-refractivity contribution is 0.0115. The van der Waals surface area contributed by atoms with E-state index in [9.17, 15) is 4.79 Å². The molecule has 3 rings (SSSR count). The molecule has 2 fully saturated rings. The van der Waals surface area contributed by atoms with Gasteiger partial charge in [0.15, 0.2) is 0 Å². The number of rotatable bonds is 3. The van der Waals surface area contributed by atoms with E-state index in [1.807, 2.05) is 0 Å². The lowest BCUT2D eigenvalue weighted by Gasteiger charge is -2.40. The molecule has 0 aliphatic carbocycles. The SMILES string of the molecule is NC(=O)c1ccnc(N2CCC(N3CCOCC3)CC2)c1. The second-order valence-corrected chi connectivity index (χ2v) is 5.63. The Kier molecular flexibility index (Phi) is 4.36. The van der Waals surface area contributed by atoms with Crippen LogP contribution in [0.15, 0.2) is 18.3 Å². The third-order valence-electron chi connectivity index (χ3n) is 4.38. The average Bonchev–Trinajstić information content (AvgIpc) is 2.56. The van der Waals surface area contributed by atoms with Crippen molar-refractivity contribution < 1.29 is 9.53 Å². The summed E-state index contributed by atoms with van der Waals surface area (Å²) < 4.78 is 5.41. The molecule has 2 aliphatic rings. The molecule has 0 aromatic carbocycles. The van der Waals surface area contributed by atoms with Gasteiger partial charge in [-0.05, 0) is 25.0 Å². The van der Waals surface area contributed by atoms with E-state index in [0.717, 1.165) is 58.1 Å². The molecule has 3 heterocycles. The zero-order valence-corrected chi connectivity index (χ0v) is 12.2. The van der Waals surface area contributed by atoms with E-state index in [4.69, 9.17) is 10.5 Å². The Bertz CT molecular complexity index is 494. The first-order valence-corrected chi connectivity index (χ1v) is 7.56. The van der Waals surface area contributed by atoms with Gasteiger partial charge in [-0.1, -0.05) is 0 Å².